The van der Waals surface area contributed by atoms with Gasteiger partial charge in [-0.1, -0.05) is 16.8 Å². The molecule has 0 radical (unpaired) electrons. The van der Waals surface area contributed by atoms with E-state index in [0.29, 0.717) is 11.3 Å². The Morgan fingerprint density at radius 2 is 1.91 bits per heavy atom. The van der Waals surface area contributed by atoms with Crippen LogP contribution in [0.3, 0.4) is 0 Å². The number of hydrogen-bond acceptors (Lipinski definition) is 3. The van der Waals surface area contributed by atoms with Crippen molar-refractivity contribution in [1.29, 1.82) is 0 Å². The molecule has 0 bridgehead atoms. The molecule has 0 heterocycles. The quantitative estimate of drug-likeness (QED) is 0.499. The zero-order valence-corrected chi connectivity index (χ0v) is 12.5. The molecule has 3 N–H and O–H groups in total. The summed E-state index contributed by atoms with van der Waals surface area (Å²) in [5, 5.41) is 5.91. The number of nitrogens with zero attached hydrogens (tertiary/aromatic N) is 1. The summed E-state index contributed by atoms with van der Waals surface area (Å²) in [6.45, 7) is -0.406. The third-order valence-electron chi connectivity index (χ3n) is 2.70. The third kappa shape index (κ3) is 4.93. The van der Waals surface area contributed by atoms with Crippen molar-refractivity contribution < 1.29 is 18.4 Å². The van der Waals surface area contributed by atoms with Gasteiger partial charge in [-0.25, -0.2) is 8.78 Å². The lowest BCUT2D eigenvalue weighted by molar-refractivity contribution is -0.120. The highest BCUT2D eigenvalue weighted by molar-refractivity contribution is 6.31. The molecule has 5 nitrogen and oxygen atoms in total. The number of benzene rings is 2. The minimum atomic E-state index is -0.586. The van der Waals surface area contributed by atoms with Crippen molar-refractivity contribution in [2.75, 3.05) is 11.9 Å². The number of amidine groups is 1. The largest absolute Gasteiger partial charge is 0.384 e. The Hall–Kier alpha value is -2.67. The summed E-state index contributed by atoms with van der Waals surface area (Å²) in [6.07, 6.45) is 0. The van der Waals surface area contributed by atoms with Crippen LogP contribution in [-0.2, 0) is 9.63 Å². The molecule has 0 aliphatic rings. The van der Waals surface area contributed by atoms with E-state index in [1.54, 1.807) is 0 Å². The van der Waals surface area contributed by atoms with Crippen molar-refractivity contribution in [1.82, 2.24) is 0 Å². The van der Waals surface area contributed by atoms with Crippen LogP contribution in [0.5, 0.6) is 0 Å². The Morgan fingerprint density at radius 3 is 2.57 bits per heavy atom. The molecule has 0 atom stereocenters. The van der Waals surface area contributed by atoms with E-state index in [1.165, 1.54) is 36.4 Å². The van der Waals surface area contributed by atoms with Crippen LogP contribution in [0, 0.1) is 11.6 Å². The predicted octanol–water partition coefficient (Wildman–Crippen LogP) is 2.89. The van der Waals surface area contributed by atoms with Crippen molar-refractivity contribution in [3.8, 4) is 0 Å². The van der Waals surface area contributed by atoms with Gasteiger partial charge in [-0.3, -0.25) is 4.79 Å². The number of rotatable bonds is 5. The normalized spacial score (nSPS) is 11.2. The van der Waals surface area contributed by atoms with Crippen LogP contribution in [0.2, 0.25) is 5.02 Å². The smallest absolute Gasteiger partial charge is 0.265 e. The van der Waals surface area contributed by atoms with Gasteiger partial charge in [0.2, 0.25) is 0 Å². The first-order valence-corrected chi connectivity index (χ1v) is 6.80. The standard InChI is InChI=1S/C15H12ClF2N3O2/c16-12-7-11(5-6-13(12)18)20-14(22)8-23-21-15(19)9-1-3-10(17)4-2-9/h1-7H,8H2,(H2,19,21)(H,20,22). The summed E-state index contributed by atoms with van der Waals surface area (Å²) in [6, 6.07) is 9.06. The number of nitrogens with one attached hydrogen (secondary N) is 1. The Bertz CT molecular complexity index is 736. The van der Waals surface area contributed by atoms with Crippen molar-refractivity contribution in [3.05, 3.63) is 64.7 Å². The Balaban J connectivity index is 1.87. The summed E-state index contributed by atoms with van der Waals surface area (Å²) in [4.78, 5) is 16.5. The van der Waals surface area contributed by atoms with E-state index < -0.39 is 24.1 Å². The highest BCUT2D eigenvalue weighted by Crippen LogP contribution is 2.19. The number of hydrogen-bond donors (Lipinski definition) is 2. The fraction of sp³-hybridized carbons (Fsp3) is 0.0667. The SMILES string of the molecule is N/C(=N\OCC(=O)Nc1ccc(F)c(Cl)c1)c1ccc(F)cc1. The van der Waals surface area contributed by atoms with Gasteiger partial charge in [-0.2, -0.15) is 0 Å². The van der Waals surface area contributed by atoms with Crippen molar-refractivity contribution in [2.45, 2.75) is 0 Å². The fourth-order valence-corrected chi connectivity index (χ4v) is 1.79. The molecule has 23 heavy (non-hydrogen) atoms. The highest BCUT2D eigenvalue weighted by Gasteiger charge is 2.06. The Labute approximate surface area is 135 Å². The van der Waals surface area contributed by atoms with Gasteiger partial charge < -0.3 is 15.9 Å². The molecule has 0 aliphatic carbocycles. The molecule has 2 aromatic rings. The number of amides is 1. The minimum Gasteiger partial charge on any atom is -0.384 e. The van der Waals surface area contributed by atoms with E-state index in [-0.39, 0.29) is 10.9 Å². The van der Waals surface area contributed by atoms with E-state index in [0.717, 1.165) is 6.07 Å². The maximum Gasteiger partial charge on any atom is 0.265 e. The first-order chi connectivity index (χ1) is 11.0. The fourth-order valence-electron chi connectivity index (χ4n) is 1.60. The van der Waals surface area contributed by atoms with Gasteiger partial charge in [0, 0.05) is 11.3 Å². The van der Waals surface area contributed by atoms with E-state index >= 15 is 0 Å². The number of carbonyl (C=O) groups is 1. The highest BCUT2D eigenvalue weighted by atomic mass is 35.5. The molecule has 120 valence electrons. The van der Waals surface area contributed by atoms with E-state index in [9.17, 15) is 13.6 Å². The summed E-state index contributed by atoms with van der Waals surface area (Å²) in [7, 11) is 0. The van der Waals surface area contributed by atoms with Gasteiger partial charge >= 0.3 is 0 Å². The van der Waals surface area contributed by atoms with Crippen LogP contribution in [0.15, 0.2) is 47.6 Å². The number of oxime groups is 1. The topological polar surface area (TPSA) is 76.7 Å². The summed E-state index contributed by atoms with van der Waals surface area (Å²) in [5.41, 5.74) is 6.41. The van der Waals surface area contributed by atoms with Crippen LogP contribution < -0.4 is 11.1 Å². The molecule has 0 unspecified atom stereocenters. The van der Waals surface area contributed by atoms with E-state index in [4.69, 9.17) is 22.2 Å². The zero-order chi connectivity index (χ0) is 16.8. The molecular formula is C15H12ClF2N3O2. The van der Waals surface area contributed by atoms with Crippen LogP contribution in [0.25, 0.3) is 0 Å². The van der Waals surface area contributed by atoms with Crippen LogP contribution >= 0.6 is 11.6 Å². The maximum absolute atomic E-state index is 13.0. The van der Waals surface area contributed by atoms with Gasteiger partial charge in [-0.05, 0) is 42.5 Å². The van der Waals surface area contributed by atoms with E-state index in [1.807, 2.05) is 0 Å². The minimum absolute atomic E-state index is 0.00243. The second-order valence-corrected chi connectivity index (χ2v) is 4.84. The second-order valence-electron chi connectivity index (χ2n) is 4.43. The van der Waals surface area contributed by atoms with Crippen LogP contribution in [0.4, 0.5) is 14.5 Å². The lowest BCUT2D eigenvalue weighted by Crippen LogP contribution is -2.19. The van der Waals surface area contributed by atoms with Gasteiger partial charge in [-0.15, -0.1) is 0 Å². The Morgan fingerprint density at radius 1 is 1.22 bits per heavy atom. The number of carbonyl (C=O) groups excluding carboxylic acids is 1. The van der Waals surface area contributed by atoms with Gasteiger partial charge in [0.25, 0.3) is 5.91 Å². The first kappa shape index (κ1) is 16.7. The molecule has 2 rings (SSSR count). The molecule has 8 heteroatoms. The first-order valence-electron chi connectivity index (χ1n) is 6.42. The lowest BCUT2D eigenvalue weighted by Gasteiger charge is -2.06. The molecular weight excluding hydrogens is 328 g/mol. The summed E-state index contributed by atoms with van der Waals surface area (Å²) >= 11 is 5.60. The molecule has 0 fully saturated rings. The van der Waals surface area contributed by atoms with Crippen molar-refractivity contribution in [3.63, 3.8) is 0 Å². The van der Waals surface area contributed by atoms with Crippen LogP contribution in [-0.4, -0.2) is 18.3 Å². The van der Waals surface area contributed by atoms with Crippen molar-refractivity contribution >= 4 is 29.0 Å². The second kappa shape index (κ2) is 7.55. The van der Waals surface area contributed by atoms with Gasteiger partial charge in [0.05, 0.1) is 5.02 Å². The average Bonchev–Trinajstić information content (AvgIpc) is 2.51. The van der Waals surface area contributed by atoms with Gasteiger partial charge in [0.1, 0.15) is 11.6 Å². The number of halogens is 3. The lowest BCUT2D eigenvalue weighted by atomic mass is 10.2. The molecule has 0 saturated heterocycles. The molecule has 0 aliphatic heterocycles. The number of nitrogens with two attached hydrogens (primary N) is 1. The number of anilines is 1. The Kier molecular flexibility index (Phi) is 5.48. The molecule has 1 amide bonds. The third-order valence-corrected chi connectivity index (χ3v) is 2.99. The average molecular weight is 340 g/mol. The molecule has 2 aromatic carbocycles. The molecule has 0 aromatic heterocycles. The monoisotopic (exact) mass is 339 g/mol. The molecule has 0 spiro atoms. The van der Waals surface area contributed by atoms with Crippen LogP contribution in [0.1, 0.15) is 5.56 Å². The zero-order valence-electron chi connectivity index (χ0n) is 11.7. The van der Waals surface area contributed by atoms with Crippen molar-refractivity contribution in [2.24, 2.45) is 10.9 Å². The molecule has 0 saturated carbocycles. The summed E-state index contributed by atoms with van der Waals surface area (Å²) < 4.78 is 25.8. The predicted molar refractivity (Wildman–Crippen MR) is 83.1 cm³/mol. The maximum atomic E-state index is 13.0. The summed E-state index contributed by atoms with van der Waals surface area (Å²) in [5.74, 6) is -1.51. The van der Waals surface area contributed by atoms with E-state index in [2.05, 4.69) is 10.5 Å². The van der Waals surface area contributed by atoms with Gasteiger partial charge in [0.15, 0.2) is 12.4 Å².